The van der Waals surface area contributed by atoms with Crippen LogP contribution in [0.3, 0.4) is 0 Å². The third-order valence-corrected chi connectivity index (χ3v) is 16.3. The summed E-state index contributed by atoms with van der Waals surface area (Å²) in [7, 11) is 0. The summed E-state index contributed by atoms with van der Waals surface area (Å²) in [6.45, 7) is 0. The van der Waals surface area contributed by atoms with Crippen LogP contribution in [-0.4, -0.2) is 34.1 Å². The number of benzene rings is 10. The topological polar surface area (TPSA) is 80.8 Å². The van der Waals surface area contributed by atoms with Crippen molar-refractivity contribution >= 4 is 78.3 Å². The number of hydrogen-bond donors (Lipinski definition) is 0. The Balaban J connectivity index is 0.939. The molecule has 0 spiro atoms. The Labute approximate surface area is 471 Å². The Bertz CT molecular complexity index is 4810. The Morgan fingerprint density at radius 2 is 0.585 bits per heavy atom. The van der Waals surface area contributed by atoms with Crippen LogP contribution in [0, 0.1) is 0 Å². The number of aromatic nitrogens is 7. The average molecular weight is 1050 g/mol. The Morgan fingerprint density at radius 1 is 0.220 bits per heavy atom. The summed E-state index contributed by atoms with van der Waals surface area (Å²) in [5.41, 5.74) is 20.2. The van der Waals surface area contributed by atoms with Gasteiger partial charge < -0.3 is 0 Å². The third kappa shape index (κ3) is 6.90. The van der Waals surface area contributed by atoms with E-state index < -0.39 is 0 Å². The van der Waals surface area contributed by atoms with Crippen LogP contribution >= 0.6 is 0 Å². The van der Waals surface area contributed by atoms with Gasteiger partial charge in [-0.1, -0.05) is 200 Å². The third-order valence-electron chi connectivity index (χ3n) is 16.3. The molecule has 2 aliphatic heterocycles. The first-order valence-corrected chi connectivity index (χ1v) is 27.6. The SMILES string of the molecule is c1ccc(-c2cccc(-c3cccc(-n4c5ccccc5c5c6c7ccccc7n(-c7nc(N8c9ccccc9-c9ccccc9-c9ccccc98)nc(N8c9ccccc9-c9ccccc9-c9ccccc98)n7)c6ccc54)n3)n2)cc1. The van der Waals surface area contributed by atoms with E-state index in [1.165, 1.54) is 0 Å². The molecule has 9 nitrogen and oxygen atoms in total. The molecule has 7 heterocycles. The first-order chi connectivity index (χ1) is 40.7. The summed E-state index contributed by atoms with van der Waals surface area (Å²) in [5, 5.41) is 4.37. The monoisotopic (exact) mass is 1050 g/mol. The summed E-state index contributed by atoms with van der Waals surface area (Å²) >= 11 is 0. The average Bonchev–Trinajstić information content (AvgIpc) is 4.07. The van der Waals surface area contributed by atoms with Gasteiger partial charge in [0.1, 0.15) is 5.82 Å². The van der Waals surface area contributed by atoms with E-state index in [-0.39, 0.29) is 0 Å². The molecule has 0 bridgehead atoms. The van der Waals surface area contributed by atoms with E-state index in [9.17, 15) is 0 Å². The molecule has 0 unspecified atom stereocenters. The van der Waals surface area contributed by atoms with Crippen LogP contribution in [0.1, 0.15) is 0 Å². The summed E-state index contributed by atoms with van der Waals surface area (Å²) in [4.78, 5) is 32.2. The van der Waals surface area contributed by atoms with E-state index in [0.29, 0.717) is 17.8 Å². The highest BCUT2D eigenvalue weighted by Gasteiger charge is 2.33. The first kappa shape index (κ1) is 45.7. The second-order valence-electron chi connectivity index (χ2n) is 20.8. The summed E-state index contributed by atoms with van der Waals surface area (Å²) in [5.74, 6) is 2.22. The maximum Gasteiger partial charge on any atom is 0.241 e. The number of para-hydroxylation sites is 6. The molecule has 10 aromatic carbocycles. The Morgan fingerprint density at radius 3 is 1.09 bits per heavy atom. The van der Waals surface area contributed by atoms with Gasteiger partial charge in [-0.25, -0.2) is 9.97 Å². The van der Waals surface area contributed by atoms with Crippen molar-refractivity contribution in [3.8, 4) is 78.9 Å². The number of fused-ring (bicyclic) bond motifs is 17. The molecule has 0 aliphatic carbocycles. The van der Waals surface area contributed by atoms with Crippen LogP contribution in [0.15, 0.2) is 273 Å². The minimum absolute atomic E-state index is 0.474. The lowest BCUT2D eigenvalue weighted by Crippen LogP contribution is -2.21. The van der Waals surface area contributed by atoms with Crippen molar-refractivity contribution in [2.45, 2.75) is 0 Å². The fourth-order valence-electron chi connectivity index (χ4n) is 12.8. The van der Waals surface area contributed by atoms with E-state index in [4.69, 9.17) is 24.9 Å². The molecular weight excluding hydrogens is 1000 g/mol. The maximum absolute atomic E-state index is 5.75. The predicted octanol–water partition coefficient (Wildman–Crippen LogP) is 18.4. The predicted molar refractivity (Wildman–Crippen MR) is 333 cm³/mol. The highest BCUT2D eigenvalue weighted by molar-refractivity contribution is 6.29. The zero-order valence-electron chi connectivity index (χ0n) is 44.0. The number of anilines is 6. The van der Waals surface area contributed by atoms with Gasteiger partial charge in [0.05, 0.1) is 61.9 Å². The fourth-order valence-corrected chi connectivity index (χ4v) is 12.8. The lowest BCUT2D eigenvalue weighted by atomic mass is 9.95. The van der Waals surface area contributed by atoms with E-state index in [0.717, 1.165) is 139 Å². The molecule has 0 N–H and O–H groups in total. The second-order valence-corrected chi connectivity index (χ2v) is 20.8. The van der Waals surface area contributed by atoms with Crippen molar-refractivity contribution in [3.05, 3.63) is 273 Å². The molecule has 0 amide bonds. The van der Waals surface area contributed by atoms with Crippen LogP contribution in [0.4, 0.5) is 34.6 Å². The Kier molecular flexibility index (Phi) is 10.1. The molecule has 0 fully saturated rings. The minimum atomic E-state index is 0.474. The van der Waals surface area contributed by atoms with Crippen molar-refractivity contribution in [3.63, 3.8) is 0 Å². The molecule has 17 rings (SSSR count). The van der Waals surface area contributed by atoms with Gasteiger partial charge in [0.15, 0.2) is 0 Å². The van der Waals surface area contributed by atoms with Gasteiger partial charge in [-0.2, -0.15) is 15.0 Å². The van der Waals surface area contributed by atoms with Crippen LogP contribution in [0.25, 0.3) is 123 Å². The molecule has 5 aromatic heterocycles. The maximum atomic E-state index is 5.75. The van der Waals surface area contributed by atoms with E-state index >= 15 is 0 Å². The molecule has 2 aliphatic rings. The first-order valence-electron chi connectivity index (χ1n) is 27.6. The van der Waals surface area contributed by atoms with Crippen LogP contribution in [0.2, 0.25) is 0 Å². The smallest absolute Gasteiger partial charge is 0.241 e. The highest BCUT2D eigenvalue weighted by atomic mass is 15.4. The molecule has 0 saturated carbocycles. The largest absolute Gasteiger partial charge is 0.294 e. The lowest BCUT2D eigenvalue weighted by molar-refractivity contribution is 0.916. The van der Waals surface area contributed by atoms with E-state index in [1.54, 1.807) is 0 Å². The zero-order chi connectivity index (χ0) is 53.8. The number of nitrogens with zero attached hydrogens (tertiary/aromatic N) is 9. The van der Waals surface area contributed by atoms with Gasteiger partial charge in [-0.05, 0) is 95.1 Å². The number of rotatable bonds is 6. The van der Waals surface area contributed by atoms with Crippen molar-refractivity contribution in [2.24, 2.45) is 0 Å². The number of hydrogen-bond acceptors (Lipinski definition) is 7. The quantitative estimate of drug-likeness (QED) is 0.164. The Hall–Kier alpha value is -11.3. The van der Waals surface area contributed by atoms with Crippen LogP contribution < -0.4 is 9.80 Å². The minimum Gasteiger partial charge on any atom is -0.294 e. The van der Waals surface area contributed by atoms with Crippen molar-refractivity contribution < 1.29 is 0 Å². The van der Waals surface area contributed by atoms with Crippen molar-refractivity contribution in [1.29, 1.82) is 0 Å². The lowest BCUT2D eigenvalue weighted by Gasteiger charge is -2.29. The van der Waals surface area contributed by atoms with Gasteiger partial charge >= 0.3 is 0 Å². The van der Waals surface area contributed by atoms with Crippen molar-refractivity contribution in [1.82, 2.24) is 34.1 Å². The normalized spacial score (nSPS) is 12.3. The molecule has 0 radical (unpaired) electrons. The fraction of sp³-hybridized carbons (Fsp3) is 0. The van der Waals surface area contributed by atoms with Gasteiger partial charge in [-0.15, -0.1) is 0 Å². The highest BCUT2D eigenvalue weighted by Crippen LogP contribution is 2.53. The summed E-state index contributed by atoms with van der Waals surface area (Å²) in [6, 6.07) is 96.1. The molecule has 0 atom stereocenters. The molecular formula is C73H45N9. The van der Waals surface area contributed by atoms with E-state index in [2.05, 4.69) is 256 Å². The van der Waals surface area contributed by atoms with Gasteiger partial charge in [0.25, 0.3) is 0 Å². The standard InChI is InChI=1S/C73H45N9/c1-2-22-46(23-3-1)57-34-20-35-58(74-57)59-36-21-43-68(75-59)79-64-41-18-12-32-55(64)69-66(79)44-45-67-70(69)56-33-13-19-42-65(56)82(67)73-77-71(80-60-37-14-8-28-51(60)47-24-4-5-25-48(47)52-29-9-15-38-61(52)80)76-72(78-73)81-62-39-16-10-30-53(62)49-26-6-7-27-50(49)54-31-11-17-40-63(54)81/h1-45H. The van der Waals surface area contributed by atoms with Gasteiger partial charge in [0.2, 0.25) is 17.8 Å². The second kappa shape index (κ2) is 18.1. The van der Waals surface area contributed by atoms with Gasteiger partial charge in [-0.3, -0.25) is 18.9 Å². The molecule has 382 valence electrons. The summed E-state index contributed by atoms with van der Waals surface area (Å²) in [6.07, 6.45) is 0. The zero-order valence-corrected chi connectivity index (χ0v) is 44.0. The summed E-state index contributed by atoms with van der Waals surface area (Å²) < 4.78 is 4.53. The molecule has 0 saturated heterocycles. The molecule has 82 heavy (non-hydrogen) atoms. The number of pyridine rings is 2. The molecule has 9 heteroatoms. The van der Waals surface area contributed by atoms with Gasteiger partial charge in [0, 0.05) is 49.4 Å². The van der Waals surface area contributed by atoms with Crippen LogP contribution in [0.5, 0.6) is 0 Å². The van der Waals surface area contributed by atoms with E-state index in [1.807, 2.05) is 36.4 Å². The van der Waals surface area contributed by atoms with Crippen LogP contribution in [-0.2, 0) is 0 Å². The van der Waals surface area contributed by atoms with Crippen molar-refractivity contribution in [2.75, 3.05) is 9.80 Å². The molecule has 15 aromatic rings.